The molecule has 0 radical (unpaired) electrons. The van der Waals surface area contributed by atoms with Crippen LogP contribution in [0.4, 0.5) is 0 Å². The molecule has 0 aliphatic carbocycles. The van der Waals surface area contributed by atoms with E-state index in [1.54, 1.807) is 6.92 Å². The van der Waals surface area contributed by atoms with E-state index in [0.717, 1.165) is 32.8 Å². The molecule has 0 aromatic carbocycles. The lowest BCUT2D eigenvalue weighted by molar-refractivity contribution is -0.147. The third kappa shape index (κ3) is 5.46. The SMILES string of the molecule is CCOC(=O)C(CCN1CCOCC1)NC(C)=O. The molecule has 1 rings (SSSR count). The molecule has 0 bridgehead atoms. The molecule has 104 valence electrons. The molecule has 1 N–H and O–H groups in total. The van der Waals surface area contributed by atoms with Crippen molar-refractivity contribution in [2.75, 3.05) is 39.5 Å². The van der Waals surface area contributed by atoms with Gasteiger partial charge in [-0.05, 0) is 13.3 Å². The summed E-state index contributed by atoms with van der Waals surface area (Å²) in [5, 5.41) is 2.63. The summed E-state index contributed by atoms with van der Waals surface area (Å²) in [7, 11) is 0. The molecule has 1 saturated heterocycles. The average molecular weight is 258 g/mol. The zero-order valence-electron chi connectivity index (χ0n) is 11.1. The standard InChI is InChI=1S/C12H22N2O4/c1-3-18-12(16)11(13-10(2)15)4-5-14-6-8-17-9-7-14/h11H,3-9H2,1-2H3,(H,13,15). The fourth-order valence-electron chi connectivity index (χ4n) is 1.87. The number of nitrogens with one attached hydrogen (secondary N) is 1. The number of carbonyl (C=O) groups is 2. The van der Waals surface area contributed by atoms with E-state index in [4.69, 9.17) is 9.47 Å². The highest BCUT2D eigenvalue weighted by molar-refractivity contribution is 5.83. The Morgan fingerprint density at radius 3 is 2.61 bits per heavy atom. The van der Waals surface area contributed by atoms with Gasteiger partial charge in [-0.3, -0.25) is 9.69 Å². The molecule has 1 fully saturated rings. The maximum Gasteiger partial charge on any atom is 0.328 e. The molecule has 0 saturated carbocycles. The second-order valence-corrected chi connectivity index (χ2v) is 4.25. The van der Waals surface area contributed by atoms with Crippen LogP contribution in [-0.2, 0) is 19.1 Å². The molecule has 0 spiro atoms. The Bertz CT molecular complexity index is 277. The first kappa shape index (κ1) is 14.9. The molecule has 6 heteroatoms. The molecular weight excluding hydrogens is 236 g/mol. The van der Waals surface area contributed by atoms with Crippen LogP contribution in [0.25, 0.3) is 0 Å². The smallest absolute Gasteiger partial charge is 0.328 e. The molecule has 1 aliphatic heterocycles. The molecule has 1 amide bonds. The third-order valence-electron chi connectivity index (χ3n) is 2.79. The lowest BCUT2D eigenvalue weighted by Gasteiger charge is -2.28. The minimum absolute atomic E-state index is 0.213. The van der Waals surface area contributed by atoms with Gasteiger partial charge < -0.3 is 14.8 Å². The van der Waals surface area contributed by atoms with Crippen LogP contribution in [0.3, 0.4) is 0 Å². The second kappa shape index (κ2) is 8.05. The number of hydrogen-bond acceptors (Lipinski definition) is 5. The van der Waals surface area contributed by atoms with E-state index < -0.39 is 6.04 Å². The van der Waals surface area contributed by atoms with Crippen molar-refractivity contribution in [2.45, 2.75) is 26.3 Å². The fourth-order valence-corrected chi connectivity index (χ4v) is 1.87. The molecule has 1 aliphatic rings. The number of hydrogen-bond donors (Lipinski definition) is 1. The normalized spacial score (nSPS) is 18.1. The maximum absolute atomic E-state index is 11.7. The van der Waals surface area contributed by atoms with Gasteiger partial charge in [0.05, 0.1) is 19.8 Å². The first-order valence-electron chi connectivity index (χ1n) is 6.37. The number of amides is 1. The Morgan fingerprint density at radius 2 is 2.06 bits per heavy atom. The van der Waals surface area contributed by atoms with Crippen molar-refractivity contribution in [3.63, 3.8) is 0 Å². The van der Waals surface area contributed by atoms with Crippen LogP contribution < -0.4 is 5.32 Å². The van der Waals surface area contributed by atoms with Crippen molar-refractivity contribution in [1.82, 2.24) is 10.2 Å². The highest BCUT2D eigenvalue weighted by Gasteiger charge is 2.22. The first-order chi connectivity index (χ1) is 8.63. The van der Waals surface area contributed by atoms with Gasteiger partial charge in [0.1, 0.15) is 6.04 Å². The topological polar surface area (TPSA) is 67.9 Å². The van der Waals surface area contributed by atoms with E-state index in [1.807, 2.05) is 0 Å². The van der Waals surface area contributed by atoms with Crippen LogP contribution in [0.5, 0.6) is 0 Å². The van der Waals surface area contributed by atoms with Gasteiger partial charge in [-0.1, -0.05) is 0 Å². The quantitative estimate of drug-likeness (QED) is 0.667. The van der Waals surface area contributed by atoms with Crippen LogP contribution in [0, 0.1) is 0 Å². The molecule has 0 aromatic rings. The zero-order valence-corrected chi connectivity index (χ0v) is 11.1. The van der Waals surface area contributed by atoms with Crippen molar-refractivity contribution in [2.24, 2.45) is 0 Å². The first-order valence-corrected chi connectivity index (χ1v) is 6.37. The van der Waals surface area contributed by atoms with Gasteiger partial charge in [-0.2, -0.15) is 0 Å². The van der Waals surface area contributed by atoms with Gasteiger partial charge in [0.25, 0.3) is 0 Å². The molecule has 6 nitrogen and oxygen atoms in total. The Hall–Kier alpha value is -1.14. The lowest BCUT2D eigenvalue weighted by atomic mass is 10.2. The number of carbonyl (C=O) groups excluding carboxylic acids is 2. The molecular formula is C12H22N2O4. The largest absolute Gasteiger partial charge is 0.464 e. The van der Waals surface area contributed by atoms with E-state index in [1.165, 1.54) is 6.92 Å². The van der Waals surface area contributed by atoms with Gasteiger partial charge in [-0.25, -0.2) is 4.79 Å². The van der Waals surface area contributed by atoms with Gasteiger partial charge in [-0.15, -0.1) is 0 Å². The molecule has 1 heterocycles. The molecule has 18 heavy (non-hydrogen) atoms. The van der Waals surface area contributed by atoms with Crippen molar-refractivity contribution in [3.8, 4) is 0 Å². The Morgan fingerprint density at radius 1 is 1.39 bits per heavy atom. The van der Waals surface area contributed by atoms with Crippen LogP contribution in [0.15, 0.2) is 0 Å². The Labute approximate surface area is 108 Å². The van der Waals surface area contributed by atoms with Gasteiger partial charge >= 0.3 is 5.97 Å². The summed E-state index contributed by atoms with van der Waals surface area (Å²) in [6.45, 7) is 7.44. The van der Waals surface area contributed by atoms with Crippen molar-refractivity contribution < 1.29 is 19.1 Å². The van der Waals surface area contributed by atoms with Crippen LogP contribution in [0.2, 0.25) is 0 Å². The van der Waals surface area contributed by atoms with E-state index >= 15 is 0 Å². The van der Waals surface area contributed by atoms with Crippen LogP contribution >= 0.6 is 0 Å². The highest BCUT2D eigenvalue weighted by Crippen LogP contribution is 2.02. The average Bonchev–Trinajstić information content (AvgIpc) is 2.35. The molecule has 1 unspecified atom stereocenters. The Kier molecular flexibility index (Phi) is 6.67. The zero-order chi connectivity index (χ0) is 13.4. The fraction of sp³-hybridized carbons (Fsp3) is 0.833. The van der Waals surface area contributed by atoms with Crippen molar-refractivity contribution >= 4 is 11.9 Å². The summed E-state index contributed by atoms with van der Waals surface area (Å²) in [6.07, 6.45) is 0.568. The van der Waals surface area contributed by atoms with Crippen molar-refractivity contribution in [1.29, 1.82) is 0 Å². The van der Waals surface area contributed by atoms with E-state index in [0.29, 0.717) is 13.0 Å². The predicted molar refractivity (Wildman–Crippen MR) is 66.1 cm³/mol. The highest BCUT2D eigenvalue weighted by atomic mass is 16.5. The summed E-state index contributed by atoms with van der Waals surface area (Å²) in [4.78, 5) is 25.0. The number of esters is 1. The summed E-state index contributed by atoms with van der Waals surface area (Å²) < 4.78 is 10.2. The number of morpholine rings is 1. The van der Waals surface area contributed by atoms with Crippen LogP contribution in [-0.4, -0.2) is 62.3 Å². The van der Waals surface area contributed by atoms with E-state index in [2.05, 4.69) is 10.2 Å². The molecule has 1 atom stereocenters. The minimum atomic E-state index is -0.551. The van der Waals surface area contributed by atoms with E-state index in [9.17, 15) is 9.59 Å². The molecule has 0 aromatic heterocycles. The Balaban J connectivity index is 2.39. The number of nitrogens with zero attached hydrogens (tertiary/aromatic N) is 1. The summed E-state index contributed by atoms with van der Waals surface area (Å²) in [5.74, 6) is -0.573. The second-order valence-electron chi connectivity index (χ2n) is 4.25. The number of rotatable bonds is 6. The van der Waals surface area contributed by atoms with Gasteiger partial charge in [0, 0.05) is 26.6 Å². The van der Waals surface area contributed by atoms with Crippen LogP contribution in [0.1, 0.15) is 20.3 Å². The monoisotopic (exact) mass is 258 g/mol. The third-order valence-corrected chi connectivity index (χ3v) is 2.79. The lowest BCUT2D eigenvalue weighted by Crippen LogP contribution is -2.45. The predicted octanol–water partition coefficient (Wildman–Crippen LogP) is -0.223. The van der Waals surface area contributed by atoms with Gasteiger partial charge in [0.15, 0.2) is 0 Å². The van der Waals surface area contributed by atoms with Gasteiger partial charge in [0.2, 0.25) is 5.91 Å². The summed E-state index contributed by atoms with van der Waals surface area (Å²) in [6, 6.07) is -0.551. The van der Waals surface area contributed by atoms with E-state index in [-0.39, 0.29) is 11.9 Å². The number of ether oxygens (including phenoxy) is 2. The summed E-state index contributed by atoms with van der Waals surface area (Å²) in [5.41, 5.74) is 0. The minimum Gasteiger partial charge on any atom is -0.464 e. The summed E-state index contributed by atoms with van der Waals surface area (Å²) >= 11 is 0. The van der Waals surface area contributed by atoms with Crippen molar-refractivity contribution in [3.05, 3.63) is 0 Å². The maximum atomic E-state index is 11.7.